The van der Waals surface area contributed by atoms with E-state index in [1.165, 1.54) is 36.0 Å². The maximum Gasteiger partial charge on any atom is 0.234 e. The number of aromatic nitrogens is 3. The molecule has 1 atom stereocenters. The molecule has 6 nitrogen and oxygen atoms in total. The predicted molar refractivity (Wildman–Crippen MR) is 126 cm³/mol. The number of thioether (sulfide) groups is 1. The summed E-state index contributed by atoms with van der Waals surface area (Å²) in [6.45, 7) is 10.3. The molecular weight excluding hydrogens is 427 g/mol. The molecule has 170 valence electrons. The van der Waals surface area contributed by atoms with E-state index >= 15 is 0 Å². The van der Waals surface area contributed by atoms with Crippen LogP contribution in [0.3, 0.4) is 0 Å². The minimum atomic E-state index is -0.345. The van der Waals surface area contributed by atoms with Crippen LogP contribution in [0.4, 0.5) is 10.1 Å². The molecule has 2 aromatic carbocycles. The van der Waals surface area contributed by atoms with Crippen LogP contribution in [0, 0.1) is 5.82 Å². The molecule has 1 N–H and O–H groups in total. The minimum Gasteiger partial charge on any atom is -0.482 e. The van der Waals surface area contributed by atoms with Gasteiger partial charge in [-0.1, -0.05) is 43.8 Å². The second-order valence-electron chi connectivity index (χ2n) is 8.10. The zero-order valence-corrected chi connectivity index (χ0v) is 19.8. The van der Waals surface area contributed by atoms with Crippen molar-refractivity contribution in [3.8, 4) is 5.75 Å². The van der Waals surface area contributed by atoms with Crippen molar-refractivity contribution in [2.45, 2.75) is 57.8 Å². The van der Waals surface area contributed by atoms with Gasteiger partial charge in [0.25, 0.3) is 0 Å². The molecule has 0 spiro atoms. The Hall–Kier alpha value is -2.87. The molecule has 1 heterocycles. The van der Waals surface area contributed by atoms with Crippen molar-refractivity contribution >= 4 is 23.4 Å². The largest absolute Gasteiger partial charge is 0.482 e. The average molecular weight is 457 g/mol. The number of rotatable bonds is 9. The molecule has 3 rings (SSSR count). The smallest absolute Gasteiger partial charge is 0.234 e. The van der Waals surface area contributed by atoms with Gasteiger partial charge < -0.3 is 14.6 Å². The molecule has 0 saturated heterocycles. The van der Waals surface area contributed by atoms with Crippen molar-refractivity contribution in [2.75, 3.05) is 11.1 Å². The fraction of sp³-hybridized carbons (Fsp3) is 0.375. The van der Waals surface area contributed by atoms with Crippen LogP contribution >= 0.6 is 11.8 Å². The average Bonchev–Trinajstić information content (AvgIpc) is 3.19. The third-order valence-electron chi connectivity index (χ3n) is 4.88. The highest BCUT2D eigenvalue weighted by Crippen LogP contribution is 2.31. The number of hydrogen-bond acceptors (Lipinski definition) is 5. The number of halogens is 1. The van der Waals surface area contributed by atoms with E-state index in [0.29, 0.717) is 22.6 Å². The number of ether oxygens (including phenoxy) is 1. The zero-order chi connectivity index (χ0) is 23.3. The lowest BCUT2D eigenvalue weighted by molar-refractivity contribution is -0.113. The van der Waals surface area contributed by atoms with Crippen molar-refractivity contribution < 1.29 is 13.9 Å². The second-order valence-corrected chi connectivity index (χ2v) is 9.04. The number of para-hydroxylation sites is 1. The fourth-order valence-corrected chi connectivity index (χ4v) is 4.19. The van der Waals surface area contributed by atoms with Gasteiger partial charge in [0.15, 0.2) is 17.1 Å². The fourth-order valence-electron chi connectivity index (χ4n) is 3.32. The van der Waals surface area contributed by atoms with Gasteiger partial charge in [-0.2, -0.15) is 0 Å². The van der Waals surface area contributed by atoms with Crippen LogP contribution in [0.2, 0.25) is 0 Å². The summed E-state index contributed by atoms with van der Waals surface area (Å²) in [4.78, 5) is 12.3. The maximum atomic E-state index is 13.0. The van der Waals surface area contributed by atoms with Crippen molar-refractivity contribution in [3.63, 3.8) is 0 Å². The molecule has 32 heavy (non-hydrogen) atoms. The minimum absolute atomic E-state index is 0.0917. The number of nitrogens with one attached hydrogen (secondary N) is 1. The van der Waals surface area contributed by atoms with Crippen molar-refractivity contribution in [2.24, 2.45) is 0 Å². The molecule has 8 heteroatoms. The molecular formula is C24H29FN4O2S. The number of carbonyl (C=O) groups excluding carboxylic acids is 1. The van der Waals surface area contributed by atoms with Gasteiger partial charge >= 0.3 is 0 Å². The highest BCUT2D eigenvalue weighted by molar-refractivity contribution is 7.99. The molecule has 0 aliphatic carbocycles. The summed E-state index contributed by atoms with van der Waals surface area (Å²) in [5.74, 6) is 1.50. The van der Waals surface area contributed by atoms with E-state index in [2.05, 4.69) is 35.4 Å². The normalized spacial score (nSPS) is 12.2. The van der Waals surface area contributed by atoms with Gasteiger partial charge in [-0.05, 0) is 62.6 Å². The summed E-state index contributed by atoms with van der Waals surface area (Å²) in [6, 6.07) is 13.8. The molecule has 1 unspecified atom stereocenters. The quantitative estimate of drug-likeness (QED) is 0.400. The molecule has 1 amide bonds. The third kappa shape index (κ3) is 5.88. The van der Waals surface area contributed by atoms with Gasteiger partial charge in [0.1, 0.15) is 11.6 Å². The van der Waals surface area contributed by atoms with E-state index in [4.69, 9.17) is 4.74 Å². The maximum absolute atomic E-state index is 13.0. The van der Waals surface area contributed by atoms with E-state index < -0.39 is 0 Å². The van der Waals surface area contributed by atoms with Crippen LogP contribution in [-0.2, 0) is 4.79 Å². The molecule has 0 saturated carbocycles. The van der Waals surface area contributed by atoms with Gasteiger partial charge in [-0.15, -0.1) is 10.2 Å². The molecule has 0 bridgehead atoms. The summed E-state index contributed by atoms with van der Waals surface area (Å²) in [7, 11) is 0. The van der Waals surface area contributed by atoms with Gasteiger partial charge in [-0.3, -0.25) is 4.79 Å². The lowest BCUT2D eigenvalue weighted by Gasteiger charge is -2.21. The Morgan fingerprint density at radius 2 is 1.75 bits per heavy atom. The summed E-state index contributed by atoms with van der Waals surface area (Å²) in [6.07, 6.45) is -0.313. The Kier molecular flexibility index (Phi) is 7.90. The first kappa shape index (κ1) is 23.8. The monoisotopic (exact) mass is 456 g/mol. The van der Waals surface area contributed by atoms with Crippen LogP contribution in [0.15, 0.2) is 53.7 Å². The van der Waals surface area contributed by atoms with Crippen LogP contribution in [-0.4, -0.2) is 26.4 Å². The number of anilines is 1. The number of amides is 1. The summed E-state index contributed by atoms with van der Waals surface area (Å²) >= 11 is 1.31. The number of carbonyl (C=O) groups is 1. The Balaban J connectivity index is 1.71. The highest BCUT2D eigenvalue weighted by Gasteiger charge is 2.23. The first-order chi connectivity index (χ1) is 15.3. The summed E-state index contributed by atoms with van der Waals surface area (Å²) < 4.78 is 21.3. The lowest BCUT2D eigenvalue weighted by Crippen LogP contribution is -2.17. The SMILES string of the molecule is CC(C)c1ccccc1OC(C)c1nnc(SCC(=O)Nc2ccc(F)cc2)n1C(C)C. The van der Waals surface area contributed by atoms with E-state index in [9.17, 15) is 9.18 Å². The lowest BCUT2D eigenvalue weighted by atomic mass is 10.0. The topological polar surface area (TPSA) is 69.0 Å². The molecule has 1 aromatic heterocycles. The molecule has 0 fully saturated rings. The van der Waals surface area contributed by atoms with Crippen LogP contribution in [0.25, 0.3) is 0 Å². The van der Waals surface area contributed by atoms with Gasteiger partial charge in [0.2, 0.25) is 5.91 Å². The van der Waals surface area contributed by atoms with Gasteiger partial charge in [0, 0.05) is 11.7 Å². The van der Waals surface area contributed by atoms with Crippen LogP contribution in [0.5, 0.6) is 5.75 Å². The first-order valence-electron chi connectivity index (χ1n) is 10.6. The van der Waals surface area contributed by atoms with E-state index in [-0.39, 0.29) is 29.6 Å². The Morgan fingerprint density at radius 1 is 1.06 bits per heavy atom. The first-order valence-corrected chi connectivity index (χ1v) is 11.6. The molecule has 0 aliphatic heterocycles. The third-order valence-corrected chi connectivity index (χ3v) is 5.82. The number of hydrogen-bond donors (Lipinski definition) is 1. The Morgan fingerprint density at radius 3 is 2.41 bits per heavy atom. The summed E-state index contributed by atoms with van der Waals surface area (Å²) in [5, 5.41) is 12.1. The van der Waals surface area contributed by atoms with E-state index in [0.717, 1.165) is 11.3 Å². The molecule has 0 aliphatic rings. The molecule has 0 radical (unpaired) electrons. The standard InChI is InChI=1S/C24H29FN4O2S/c1-15(2)20-8-6-7-9-21(20)31-17(5)23-27-28-24(29(23)16(3)4)32-14-22(30)26-19-12-10-18(25)11-13-19/h6-13,15-17H,14H2,1-5H3,(H,26,30). The predicted octanol–water partition coefficient (Wildman–Crippen LogP) is 5.99. The van der Waals surface area contributed by atoms with E-state index in [1.807, 2.05) is 43.5 Å². The highest BCUT2D eigenvalue weighted by atomic mass is 32.2. The second kappa shape index (κ2) is 10.6. The van der Waals surface area contributed by atoms with Crippen LogP contribution < -0.4 is 10.1 Å². The van der Waals surface area contributed by atoms with Gasteiger partial charge in [-0.25, -0.2) is 4.39 Å². The van der Waals surface area contributed by atoms with Gasteiger partial charge in [0.05, 0.1) is 5.75 Å². The van der Waals surface area contributed by atoms with Crippen LogP contribution in [0.1, 0.15) is 64.1 Å². The Labute approximate surface area is 192 Å². The number of nitrogens with zero attached hydrogens (tertiary/aromatic N) is 3. The summed E-state index contributed by atoms with van der Waals surface area (Å²) in [5.41, 5.74) is 1.69. The zero-order valence-electron chi connectivity index (χ0n) is 19.0. The van der Waals surface area contributed by atoms with Crippen molar-refractivity contribution in [1.29, 1.82) is 0 Å². The van der Waals surface area contributed by atoms with E-state index in [1.54, 1.807) is 0 Å². The number of benzene rings is 2. The molecule has 3 aromatic rings. The van der Waals surface area contributed by atoms with Crippen molar-refractivity contribution in [3.05, 3.63) is 65.7 Å². The van der Waals surface area contributed by atoms with Crippen molar-refractivity contribution in [1.82, 2.24) is 14.8 Å². The Bertz CT molecular complexity index is 1050.